The van der Waals surface area contributed by atoms with Crippen molar-refractivity contribution in [2.45, 2.75) is 114 Å². The normalized spacial score (nSPS) is 15.3. The number of unbranched alkanes of at least 4 members (excludes halogenated alkanes) is 8. The Morgan fingerprint density at radius 3 is 1.83 bits per heavy atom. The van der Waals surface area contributed by atoms with Crippen molar-refractivity contribution in [3.05, 3.63) is 0 Å². The van der Waals surface area contributed by atoms with Gasteiger partial charge in [0.15, 0.2) is 0 Å². The standard InChI is InChI=1S/C20H39O2.In.2H/c1-4-7-10-11-12-13-14-16-18(15-8-5-2)19(20(21)22)17-9-6-3;;;/h18H,4-17H2,1-3H3,(H,21,22);;;. The van der Waals surface area contributed by atoms with Crippen molar-refractivity contribution >= 4 is 30.3 Å². The van der Waals surface area contributed by atoms with Gasteiger partial charge in [0.05, 0.1) is 0 Å². The van der Waals surface area contributed by atoms with Gasteiger partial charge in [0.2, 0.25) is 0 Å². The molecular weight excluding hydrogens is 387 g/mol. The third-order valence-electron chi connectivity index (χ3n) is 5.50. The van der Waals surface area contributed by atoms with Gasteiger partial charge in [-0.1, -0.05) is 0 Å². The molecule has 2 nitrogen and oxygen atoms in total. The first-order valence-electron chi connectivity index (χ1n) is 10.3. The van der Waals surface area contributed by atoms with E-state index < -0.39 is 5.97 Å². The molecule has 0 fully saturated rings. The van der Waals surface area contributed by atoms with Crippen LogP contribution in [0.15, 0.2) is 0 Å². The van der Waals surface area contributed by atoms with E-state index in [0.29, 0.717) is 5.92 Å². The van der Waals surface area contributed by atoms with Crippen LogP contribution in [0, 0.1) is 5.92 Å². The van der Waals surface area contributed by atoms with Crippen LogP contribution in [0.3, 0.4) is 0 Å². The monoisotopic (exact) mass is 428 g/mol. The number of hydrogen-bond donors (Lipinski definition) is 1. The second-order valence-corrected chi connectivity index (χ2v) is 12.7. The van der Waals surface area contributed by atoms with Gasteiger partial charge in [-0.15, -0.1) is 0 Å². The third-order valence-corrected chi connectivity index (χ3v) is 10.5. The first-order valence-corrected chi connectivity index (χ1v) is 13.1. The Morgan fingerprint density at radius 2 is 1.30 bits per heavy atom. The van der Waals surface area contributed by atoms with Gasteiger partial charge in [-0.2, -0.15) is 0 Å². The molecule has 0 saturated carbocycles. The molecule has 1 N–H and O–H groups in total. The molecule has 2 unspecified atom stereocenters. The maximum absolute atomic E-state index is 12.0. The fraction of sp³-hybridized carbons (Fsp3) is 0.950. The van der Waals surface area contributed by atoms with Crippen LogP contribution in [0.1, 0.15) is 111 Å². The molecule has 0 aliphatic carbocycles. The number of rotatable bonds is 16. The average molecular weight is 428 g/mol. The van der Waals surface area contributed by atoms with Crippen LogP contribution >= 0.6 is 0 Å². The molecule has 0 heterocycles. The second kappa shape index (κ2) is 14.7. The number of hydrogen-bond acceptors (Lipinski definition) is 1. The zero-order chi connectivity index (χ0) is 17.6. The predicted octanol–water partition coefficient (Wildman–Crippen LogP) is 6.00. The zero-order valence-electron chi connectivity index (χ0n) is 16.3. The van der Waals surface area contributed by atoms with Crippen LogP contribution in [0.2, 0.25) is 3.17 Å². The maximum atomic E-state index is 12.0. The van der Waals surface area contributed by atoms with Gasteiger partial charge in [0, 0.05) is 0 Å². The van der Waals surface area contributed by atoms with Gasteiger partial charge in [-0.3, -0.25) is 0 Å². The minimum absolute atomic E-state index is 0.164. The molecular formula is C20H41InO2. The summed E-state index contributed by atoms with van der Waals surface area (Å²) in [6.45, 7) is 6.65. The van der Waals surface area contributed by atoms with E-state index in [-0.39, 0.29) is 27.5 Å². The van der Waals surface area contributed by atoms with Crippen LogP contribution in [-0.2, 0) is 4.79 Å². The summed E-state index contributed by atoms with van der Waals surface area (Å²) >= 11 is 0.164. The molecule has 0 aromatic rings. The molecule has 23 heavy (non-hydrogen) atoms. The zero-order valence-corrected chi connectivity index (χ0v) is 22.0. The van der Waals surface area contributed by atoms with Crippen molar-refractivity contribution in [2.75, 3.05) is 0 Å². The van der Waals surface area contributed by atoms with E-state index in [1.165, 1.54) is 57.8 Å². The van der Waals surface area contributed by atoms with Gasteiger partial charge in [0.1, 0.15) is 0 Å². The van der Waals surface area contributed by atoms with E-state index in [1.807, 2.05) is 0 Å². The Kier molecular flexibility index (Phi) is 14.9. The fourth-order valence-corrected chi connectivity index (χ4v) is 6.27. The first kappa shape index (κ1) is 23.3. The molecule has 2 atom stereocenters. The Hall–Kier alpha value is 0.340. The summed E-state index contributed by atoms with van der Waals surface area (Å²) < 4.78 is -0.310. The van der Waals surface area contributed by atoms with Crippen LogP contribution in [0.4, 0.5) is 0 Å². The minimum atomic E-state index is -0.481. The van der Waals surface area contributed by atoms with Crippen LogP contribution in [0.5, 0.6) is 0 Å². The van der Waals surface area contributed by atoms with Crippen molar-refractivity contribution in [1.29, 1.82) is 0 Å². The average Bonchev–Trinajstić information content (AvgIpc) is 2.54. The summed E-state index contributed by atoms with van der Waals surface area (Å²) in [5.74, 6) is -0.0382. The molecule has 0 aromatic heterocycles. The van der Waals surface area contributed by atoms with E-state index in [9.17, 15) is 9.90 Å². The quantitative estimate of drug-likeness (QED) is 0.306. The summed E-state index contributed by atoms with van der Waals surface area (Å²) in [5.41, 5.74) is 0. The summed E-state index contributed by atoms with van der Waals surface area (Å²) in [5, 5.41) is 9.88. The van der Waals surface area contributed by atoms with E-state index in [1.54, 1.807) is 0 Å². The summed E-state index contributed by atoms with van der Waals surface area (Å²) in [4.78, 5) is 12.0. The van der Waals surface area contributed by atoms with Crippen molar-refractivity contribution in [2.24, 2.45) is 5.92 Å². The van der Waals surface area contributed by atoms with Gasteiger partial charge in [-0.05, 0) is 0 Å². The summed E-state index contributed by atoms with van der Waals surface area (Å²) in [7, 11) is 0. The van der Waals surface area contributed by atoms with Crippen molar-refractivity contribution < 1.29 is 9.90 Å². The van der Waals surface area contributed by atoms with E-state index in [2.05, 4.69) is 20.8 Å². The molecule has 0 spiro atoms. The fourth-order valence-electron chi connectivity index (χ4n) is 3.61. The first-order chi connectivity index (χ1) is 11.0. The molecule has 0 saturated heterocycles. The molecule has 0 radical (unpaired) electrons. The Morgan fingerprint density at radius 1 is 0.826 bits per heavy atom. The molecule has 0 amide bonds. The van der Waals surface area contributed by atoms with Crippen LogP contribution < -0.4 is 0 Å². The molecule has 0 rings (SSSR count). The molecule has 0 bridgehead atoms. The molecule has 136 valence electrons. The van der Waals surface area contributed by atoms with Crippen LogP contribution in [-0.4, -0.2) is 35.5 Å². The number of carbonyl (C=O) groups is 1. The van der Waals surface area contributed by atoms with E-state index in [4.69, 9.17) is 0 Å². The van der Waals surface area contributed by atoms with E-state index in [0.717, 1.165) is 32.1 Å². The Balaban J connectivity index is 4.43. The Labute approximate surface area is 159 Å². The number of aliphatic carboxylic acids is 1. The molecule has 0 aliphatic heterocycles. The Bertz CT molecular complexity index is 293. The van der Waals surface area contributed by atoms with Crippen molar-refractivity contribution in [3.8, 4) is 0 Å². The predicted molar refractivity (Wildman–Crippen MR) is 104 cm³/mol. The van der Waals surface area contributed by atoms with Crippen molar-refractivity contribution in [1.82, 2.24) is 0 Å². The van der Waals surface area contributed by atoms with Gasteiger partial charge in [0.25, 0.3) is 0 Å². The number of carboxylic acids is 1. The topological polar surface area (TPSA) is 37.3 Å². The summed E-state index contributed by atoms with van der Waals surface area (Å²) in [6, 6.07) is 0. The van der Waals surface area contributed by atoms with Gasteiger partial charge < -0.3 is 0 Å². The van der Waals surface area contributed by atoms with Crippen LogP contribution in [0.25, 0.3) is 0 Å². The van der Waals surface area contributed by atoms with Gasteiger partial charge >= 0.3 is 160 Å². The molecule has 0 aromatic carbocycles. The number of carboxylic acid groups (broad SMARTS) is 1. The SMILES string of the molecule is CCCCCCCCCC(CCCC)[C]([InH2])(CCCC)C(=O)O. The summed E-state index contributed by atoms with van der Waals surface area (Å²) in [6.07, 6.45) is 17.1. The molecule has 0 aliphatic rings. The van der Waals surface area contributed by atoms with Crippen molar-refractivity contribution in [3.63, 3.8) is 0 Å². The van der Waals surface area contributed by atoms with Gasteiger partial charge in [-0.25, -0.2) is 0 Å². The second-order valence-electron chi connectivity index (χ2n) is 7.58. The molecule has 3 heteroatoms. The third kappa shape index (κ3) is 10.0. The van der Waals surface area contributed by atoms with E-state index >= 15 is 0 Å².